The van der Waals surface area contributed by atoms with Crippen LogP contribution < -0.4 is 4.74 Å². The largest absolute Gasteiger partial charge is 0.489 e. The SMILES string of the molecule is COC(=O)CCCc1ccc(OC/C2=C(\Br)CCCCCCCCCC2)cc1. The smallest absolute Gasteiger partial charge is 0.305 e. The predicted molar refractivity (Wildman–Crippen MR) is 119 cm³/mol. The number of carbonyl (C=O) groups is 1. The van der Waals surface area contributed by atoms with E-state index in [1.807, 2.05) is 12.1 Å². The van der Waals surface area contributed by atoms with E-state index in [0.29, 0.717) is 13.0 Å². The van der Waals surface area contributed by atoms with Crippen LogP contribution in [0.1, 0.15) is 82.6 Å². The number of hydrogen-bond acceptors (Lipinski definition) is 3. The summed E-state index contributed by atoms with van der Waals surface area (Å²) in [4.78, 5) is 11.2. The number of hydrogen-bond donors (Lipinski definition) is 0. The summed E-state index contributed by atoms with van der Waals surface area (Å²) in [5, 5.41) is 0. The van der Waals surface area contributed by atoms with Gasteiger partial charge in [-0.25, -0.2) is 0 Å². The third kappa shape index (κ3) is 9.27. The second kappa shape index (κ2) is 13.8. The Hall–Kier alpha value is -1.29. The standard InChI is InChI=1S/C24H35BrO3/c1-27-24(26)14-10-11-20-15-17-22(18-16-20)28-19-21-12-8-6-4-2-3-5-7-9-13-23(21)25/h15-18H,2-14,19H2,1H3/b23-21-. The Morgan fingerprint density at radius 3 is 2.18 bits per heavy atom. The number of carbonyl (C=O) groups excluding carboxylic acids is 1. The van der Waals surface area contributed by atoms with Crippen LogP contribution in [0.2, 0.25) is 0 Å². The van der Waals surface area contributed by atoms with Crippen molar-refractivity contribution in [1.82, 2.24) is 0 Å². The average Bonchev–Trinajstić information content (AvgIpc) is 2.71. The Morgan fingerprint density at radius 2 is 1.54 bits per heavy atom. The zero-order chi connectivity index (χ0) is 20.0. The highest BCUT2D eigenvalue weighted by molar-refractivity contribution is 9.11. The van der Waals surface area contributed by atoms with Gasteiger partial charge in [0.2, 0.25) is 0 Å². The predicted octanol–water partition coefficient (Wildman–Crippen LogP) is 7.12. The van der Waals surface area contributed by atoms with Gasteiger partial charge < -0.3 is 9.47 Å². The molecule has 28 heavy (non-hydrogen) atoms. The van der Waals surface area contributed by atoms with Crippen molar-refractivity contribution in [2.24, 2.45) is 0 Å². The van der Waals surface area contributed by atoms with Crippen LogP contribution in [0.4, 0.5) is 0 Å². The van der Waals surface area contributed by atoms with Crippen molar-refractivity contribution < 1.29 is 14.3 Å². The Kier molecular flexibility index (Phi) is 11.3. The van der Waals surface area contributed by atoms with Gasteiger partial charge in [0.1, 0.15) is 12.4 Å². The fourth-order valence-electron chi connectivity index (χ4n) is 3.60. The van der Waals surface area contributed by atoms with Crippen molar-refractivity contribution in [1.29, 1.82) is 0 Å². The van der Waals surface area contributed by atoms with Crippen molar-refractivity contribution in [2.75, 3.05) is 13.7 Å². The van der Waals surface area contributed by atoms with E-state index in [0.717, 1.165) is 31.4 Å². The van der Waals surface area contributed by atoms with Crippen molar-refractivity contribution in [2.45, 2.75) is 83.5 Å². The van der Waals surface area contributed by atoms with Crippen LogP contribution in [0.3, 0.4) is 0 Å². The third-order valence-electron chi connectivity index (χ3n) is 5.42. The van der Waals surface area contributed by atoms with Gasteiger partial charge in [-0.3, -0.25) is 4.79 Å². The Balaban J connectivity index is 1.83. The number of esters is 1. The summed E-state index contributed by atoms with van der Waals surface area (Å²) in [6.07, 6.45) is 15.1. The first-order chi connectivity index (χ1) is 13.7. The van der Waals surface area contributed by atoms with Crippen molar-refractivity contribution >= 4 is 21.9 Å². The Labute approximate surface area is 179 Å². The summed E-state index contributed by atoms with van der Waals surface area (Å²) in [5.41, 5.74) is 2.64. The molecule has 0 saturated carbocycles. The first-order valence-electron chi connectivity index (χ1n) is 10.8. The lowest BCUT2D eigenvalue weighted by molar-refractivity contribution is -0.140. The maximum absolute atomic E-state index is 11.2. The second-order valence-electron chi connectivity index (χ2n) is 7.70. The van der Waals surface area contributed by atoms with E-state index >= 15 is 0 Å². The molecule has 0 amide bonds. The quantitative estimate of drug-likeness (QED) is 0.414. The Morgan fingerprint density at radius 1 is 0.929 bits per heavy atom. The maximum Gasteiger partial charge on any atom is 0.305 e. The van der Waals surface area contributed by atoms with Crippen LogP contribution >= 0.6 is 15.9 Å². The number of aryl methyl sites for hydroxylation is 1. The van der Waals surface area contributed by atoms with Crippen molar-refractivity contribution in [3.05, 3.63) is 39.9 Å². The molecule has 1 aromatic rings. The monoisotopic (exact) mass is 450 g/mol. The number of halogens is 1. The number of benzene rings is 1. The molecule has 0 saturated heterocycles. The van der Waals surface area contributed by atoms with Crippen molar-refractivity contribution in [3.63, 3.8) is 0 Å². The maximum atomic E-state index is 11.2. The normalized spacial score (nSPS) is 19.4. The van der Waals surface area contributed by atoms with E-state index < -0.39 is 0 Å². The zero-order valence-electron chi connectivity index (χ0n) is 17.3. The minimum absolute atomic E-state index is 0.143. The zero-order valence-corrected chi connectivity index (χ0v) is 18.9. The van der Waals surface area contributed by atoms with Crippen LogP contribution in [0.25, 0.3) is 0 Å². The minimum Gasteiger partial charge on any atom is -0.489 e. The van der Waals surface area contributed by atoms with Gasteiger partial charge in [-0.05, 0) is 66.3 Å². The van der Waals surface area contributed by atoms with E-state index in [2.05, 4.69) is 32.8 Å². The highest BCUT2D eigenvalue weighted by atomic mass is 79.9. The van der Waals surface area contributed by atoms with E-state index in [1.54, 1.807) is 0 Å². The molecular weight excluding hydrogens is 416 g/mol. The van der Waals surface area contributed by atoms with Gasteiger partial charge in [0.25, 0.3) is 0 Å². The molecule has 2 rings (SSSR count). The lowest BCUT2D eigenvalue weighted by Crippen LogP contribution is -2.04. The molecular formula is C24H35BrO3. The molecule has 0 unspecified atom stereocenters. The molecule has 0 atom stereocenters. The topological polar surface area (TPSA) is 35.5 Å². The molecule has 0 aromatic heterocycles. The van der Waals surface area contributed by atoms with Crippen LogP contribution in [0.15, 0.2) is 34.3 Å². The third-order valence-corrected chi connectivity index (χ3v) is 6.38. The van der Waals surface area contributed by atoms with E-state index in [1.165, 1.54) is 74.1 Å². The van der Waals surface area contributed by atoms with Gasteiger partial charge in [0.05, 0.1) is 7.11 Å². The highest BCUT2D eigenvalue weighted by Gasteiger charge is 2.08. The summed E-state index contributed by atoms with van der Waals surface area (Å²) in [6.45, 7) is 0.669. The second-order valence-corrected chi connectivity index (χ2v) is 8.66. The molecule has 0 radical (unpaired) electrons. The first kappa shape index (κ1) is 23.0. The molecule has 0 fully saturated rings. The molecule has 0 heterocycles. The van der Waals surface area contributed by atoms with Gasteiger partial charge in [-0.2, -0.15) is 0 Å². The number of allylic oxidation sites excluding steroid dienone is 1. The molecule has 0 spiro atoms. The van der Waals surface area contributed by atoms with Crippen LogP contribution in [-0.4, -0.2) is 19.7 Å². The number of methoxy groups -OCH3 is 1. The van der Waals surface area contributed by atoms with Gasteiger partial charge in [0.15, 0.2) is 0 Å². The van der Waals surface area contributed by atoms with Crippen molar-refractivity contribution in [3.8, 4) is 5.75 Å². The summed E-state index contributed by atoms with van der Waals surface area (Å²) in [5.74, 6) is 0.770. The number of ether oxygens (including phenoxy) is 2. The Bertz CT molecular complexity index is 607. The lowest BCUT2D eigenvalue weighted by atomic mass is 10.0. The van der Waals surface area contributed by atoms with Gasteiger partial charge in [-0.15, -0.1) is 0 Å². The molecule has 1 aromatic carbocycles. The van der Waals surface area contributed by atoms with E-state index in [4.69, 9.17) is 4.74 Å². The van der Waals surface area contributed by atoms with Gasteiger partial charge in [0, 0.05) is 6.42 Å². The van der Waals surface area contributed by atoms with Gasteiger partial charge in [-0.1, -0.05) is 66.6 Å². The van der Waals surface area contributed by atoms with Gasteiger partial charge >= 0.3 is 5.97 Å². The molecule has 1 aliphatic carbocycles. The number of rotatable bonds is 7. The van der Waals surface area contributed by atoms with Crippen LogP contribution in [-0.2, 0) is 16.0 Å². The summed E-state index contributed by atoms with van der Waals surface area (Å²) >= 11 is 3.84. The molecule has 1 aliphatic rings. The molecule has 0 bridgehead atoms. The van der Waals surface area contributed by atoms with Crippen LogP contribution in [0, 0.1) is 0 Å². The summed E-state index contributed by atoms with van der Waals surface area (Å²) in [6, 6.07) is 8.27. The highest BCUT2D eigenvalue weighted by Crippen LogP contribution is 2.26. The average molecular weight is 451 g/mol. The fourth-order valence-corrected chi connectivity index (χ4v) is 4.20. The lowest BCUT2D eigenvalue weighted by Gasteiger charge is -2.14. The molecule has 4 heteroatoms. The summed E-state index contributed by atoms with van der Waals surface area (Å²) in [7, 11) is 1.44. The molecule has 156 valence electrons. The van der Waals surface area contributed by atoms with Crippen LogP contribution in [0.5, 0.6) is 5.75 Å². The first-order valence-corrected chi connectivity index (χ1v) is 11.6. The van der Waals surface area contributed by atoms with E-state index in [9.17, 15) is 4.79 Å². The molecule has 0 N–H and O–H groups in total. The molecule has 3 nitrogen and oxygen atoms in total. The summed E-state index contributed by atoms with van der Waals surface area (Å²) < 4.78 is 12.1. The molecule has 0 aliphatic heterocycles. The van der Waals surface area contributed by atoms with E-state index in [-0.39, 0.29) is 5.97 Å². The fraction of sp³-hybridized carbons (Fsp3) is 0.625. The minimum atomic E-state index is -0.143.